The van der Waals surface area contributed by atoms with Gasteiger partial charge in [0.1, 0.15) is 0 Å². The average molecular weight is 119 g/mol. The highest BCUT2D eigenvalue weighted by Crippen LogP contribution is 2.14. The molecule has 2 nitrogen and oxygen atoms in total. The number of β-amino-alcohol motifs (C(OH)–C–C–N with tert-alkyl or cyclic N) is 1. The smallest absolute Gasteiger partial charge is 0.0922 e. The van der Waals surface area contributed by atoms with E-state index < -0.39 is 12.3 Å². The molecule has 0 saturated carbocycles. The van der Waals surface area contributed by atoms with E-state index in [-0.39, 0.29) is 6.42 Å². The van der Waals surface area contributed by atoms with Gasteiger partial charge in [-0.05, 0) is 0 Å². The van der Waals surface area contributed by atoms with Crippen LogP contribution in [0.5, 0.6) is 0 Å². The van der Waals surface area contributed by atoms with Gasteiger partial charge < -0.3 is 10.4 Å². The first kappa shape index (κ1) is 5.98. The van der Waals surface area contributed by atoms with Gasteiger partial charge in [-0.1, -0.05) is 0 Å². The number of hydrogen-bond donors (Lipinski definition) is 2. The van der Waals surface area contributed by atoms with Gasteiger partial charge in [-0.15, -0.1) is 0 Å². The van der Waals surface area contributed by atoms with Crippen molar-refractivity contribution in [2.75, 3.05) is 19.8 Å². The number of aliphatic hydroxyl groups is 1. The summed E-state index contributed by atoms with van der Waals surface area (Å²) >= 11 is 0. The van der Waals surface area contributed by atoms with Crippen molar-refractivity contribution in [2.24, 2.45) is 0 Å². The van der Waals surface area contributed by atoms with Gasteiger partial charge in [0.2, 0.25) is 0 Å². The molecule has 1 aliphatic heterocycles. The van der Waals surface area contributed by atoms with Crippen LogP contribution in [0.2, 0.25) is 0 Å². The zero-order valence-electron chi connectivity index (χ0n) is 4.65. The van der Waals surface area contributed by atoms with E-state index in [0.29, 0.717) is 13.1 Å². The zero-order valence-corrected chi connectivity index (χ0v) is 4.65. The Morgan fingerprint density at radius 1 is 1.62 bits per heavy atom. The first-order valence-electron chi connectivity index (χ1n) is 2.76. The molecule has 0 aliphatic carbocycles. The van der Waals surface area contributed by atoms with E-state index in [1.165, 1.54) is 0 Å². The first-order chi connectivity index (χ1) is 3.77. The van der Waals surface area contributed by atoms with Gasteiger partial charge in [0.25, 0.3) is 0 Å². The monoisotopic (exact) mass is 119 g/mol. The lowest BCUT2D eigenvalue weighted by Gasteiger charge is -2.36. The molecule has 48 valence electrons. The van der Waals surface area contributed by atoms with Crippen LogP contribution >= 0.6 is 0 Å². The maximum atomic E-state index is 11.5. The molecule has 0 unspecified atom stereocenters. The molecule has 1 heterocycles. The van der Waals surface area contributed by atoms with Gasteiger partial charge in [-0.25, -0.2) is 0 Å². The van der Waals surface area contributed by atoms with Gasteiger partial charge in [-0.3, -0.25) is 4.39 Å². The summed E-state index contributed by atoms with van der Waals surface area (Å²) in [6, 6.07) is 0. The van der Waals surface area contributed by atoms with Crippen LogP contribution in [0.4, 0.5) is 4.39 Å². The summed E-state index contributed by atoms with van der Waals surface area (Å²) in [6.45, 7) is 0.687. The summed E-state index contributed by atoms with van der Waals surface area (Å²) in [4.78, 5) is 0. The Kier molecular flexibility index (Phi) is 1.49. The molecule has 0 aromatic heterocycles. The van der Waals surface area contributed by atoms with Crippen LogP contribution in [-0.2, 0) is 0 Å². The molecule has 1 aliphatic rings. The minimum Gasteiger partial charge on any atom is -0.387 e. The van der Waals surface area contributed by atoms with Gasteiger partial charge in [0.05, 0.1) is 12.3 Å². The molecule has 1 fully saturated rings. The van der Waals surface area contributed by atoms with Crippen LogP contribution in [0, 0.1) is 0 Å². The second-order valence-electron chi connectivity index (χ2n) is 2.27. The van der Waals surface area contributed by atoms with E-state index in [4.69, 9.17) is 5.11 Å². The Morgan fingerprint density at radius 3 is 2.38 bits per heavy atom. The molecular weight excluding hydrogens is 109 g/mol. The molecule has 3 heteroatoms. The maximum Gasteiger partial charge on any atom is 0.0922 e. The van der Waals surface area contributed by atoms with E-state index in [1.54, 1.807) is 0 Å². The predicted octanol–water partition coefficient (Wildman–Crippen LogP) is -0.320. The minimum atomic E-state index is -0.714. The van der Waals surface area contributed by atoms with Crippen molar-refractivity contribution < 1.29 is 9.50 Å². The van der Waals surface area contributed by atoms with Crippen molar-refractivity contribution >= 4 is 0 Å². The fourth-order valence-corrected chi connectivity index (χ4v) is 0.766. The molecule has 1 saturated heterocycles. The lowest BCUT2D eigenvalue weighted by molar-refractivity contribution is -0.0216. The third-order valence-corrected chi connectivity index (χ3v) is 1.47. The fourth-order valence-electron chi connectivity index (χ4n) is 0.766. The highest BCUT2D eigenvalue weighted by Gasteiger charge is 2.33. The summed E-state index contributed by atoms with van der Waals surface area (Å²) in [5.41, 5.74) is -0.714. The first-order valence-corrected chi connectivity index (χ1v) is 2.76. The van der Waals surface area contributed by atoms with Gasteiger partial charge >= 0.3 is 0 Å². The van der Waals surface area contributed by atoms with Crippen molar-refractivity contribution in [2.45, 2.75) is 12.0 Å². The van der Waals surface area contributed by atoms with Gasteiger partial charge in [0.15, 0.2) is 0 Å². The fraction of sp³-hybridized carbons (Fsp3) is 1.00. The predicted molar refractivity (Wildman–Crippen MR) is 28.4 cm³/mol. The quantitative estimate of drug-likeness (QED) is 0.522. The second-order valence-corrected chi connectivity index (χ2v) is 2.27. The van der Waals surface area contributed by atoms with Crippen LogP contribution in [0.15, 0.2) is 0 Å². The highest BCUT2D eigenvalue weighted by atomic mass is 19.1. The summed E-state index contributed by atoms with van der Waals surface area (Å²) in [6.07, 6.45) is 0.278. The molecule has 2 N–H and O–H groups in total. The Labute approximate surface area is 47.7 Å². The molecule has 0 radical (unpaired) electrons. The summed E-state index contributed by atoms with van der Waals surface area (Å²) in [5, 5.41) is 12.0. The van der Waals surface area contributed by atoms with Gasteiger partial charge in [0, 0.05) is 19.5 Å². The van der Waals surface area contributed by atoms with Crippen LogP contribution in [0.25, 0.3) is 0 Å². The van der Waals surface area contributed by atoms with Crippen LogP contribution < -0.4 is 5.32 Å². The van der Waals surface area contributed by atoms with E-state index in [0.717, 1.165) is 0 Å². The molecule has 0 bridgehead atoms. The van der Waals surface area contributed by atoms with Crippen molar-refractivity contribution in [1.82, 2.24) is 5.32 Å². The number of halogens is 1. The topological polar surface area (TPSA) is 32.3 Å². The normalized spacial score (nSPS) is 24.8. The summed E-state index contributed by atoms with van der Waals surface area (Å²) in [7, 11) is 0. The average Bonchev–Trinajstić information content (AvgIpc) is 1.64. The van der Waals surface area contributed by atoms with E-state index in [2.05, 4.69) is 5.32 Å². The molecule has 1 rings (SSSR count). The molecule has 0 atom stereocenters. The SMILES string of the molecule is OC1(CCF)CNC1. The standard InChI is InChI=1S/C5H10FNO/c6-2-1-5(8)3-7-4-5/h7-8H,1-4H2. The summed E-state index contributed by atoms with van der Waals surface area (Å²) < 4.78 is 11.5. The van der Waals surface area contributed by atoms with Crippen molar-refractivity contribution in [1.29, 1.82) is 0 Å². The van der Waals surface area contributed by atoms with Crippen molar-refractivity contribution in [3.05, 3.63) is 0 Å². The van der Waals surface area contributed by atoms with E-state index in [1.807, 2.05) is 0 Å². The Bertz CT molecular complexity index is 82.5. The molecule has 0 spiro atoms. The molecule has 8 heavy (non-hydrogen) atoms. The lowest BCUT2D eigenvalue weighted by Crippen LogP contribution is -2.59. The Hall–Kier alpha value is -0.150. The molecule has 0 aromatic carbocycles. The van der Waals surface area contributed by atoms with Crippen molar-refractivity contribution in [3.63, 3.8) is 0 Å². The van der Waals surface area contributed by atoms with E-state index >= 15 is 0 Å². The number of nitrogens with one attached hydrogen (secondary N) is 1. The lowest BCUT2D eigenvalue weighted by atomic mass is 9.94. The molecule has 0 aromatic rings. The third-order valence-electron chi connectivity index (χ3n) is 1.47. The van der Waals surface area contributed by atoms with Crippen LogP contribution in [-0.4, -0.2) is 30.5 Å². The Morgan fingerprint density at radius 2 is 2.25 bits per heavy atom. The molecular formula is C5H10FNO. The molecule has 0 amide bonds. The number of alkyl halides is 1. The van der Waals surface area contributed by atoms with Crippen LogP contribution in [0.1, 0.15) is 6.42 Å². The summed E-state index contributed by atoms with van der Waals surface area (Å²) in [5.74, 6) is 0. The van der Waals surface area contributed by atoms with Crippen molar-refractivity contribution in [3.8, 4) is 0 Å². The highest BCUT2D eigenvalue weighted by molar-refractivity contribution is 4.91. The van der Waals surface area contributed by atoms with Crippen LogP contribution in [0.3, 0.4) is 0 Å². The van der Waals surface area contributed by atoms with E-state index in [9.17, 15) is 4.39 Å². The maximum absolute atomic E-state index is 11.5. The third kappa shape index (κ3) is 0.980. The largest absolute Gasteiger partial charge is 0.387 e. The number of rotatable bonds is 2. The second kappa shape index (κ2) is 1.99. The zero-order chi connectivity index (χ0) is 6.04. The Balaban J connectivity index is 2.20. The number of hydrogen-bond acceptors (Lipinski definition) is 2. The minimum absolute atomic E-state index is 0.278. The van der Waals surface area contributed by atoms with Gasteiger partial charge in [-0.2, -0.15) is 0 Å².